The smallest absolute Gasteiger partial charge is 0.236 e. The highest BCUT2D eigenvalue weighted by atomic mass is 35.5. The number of amides is 1. The molecule has 0 radical (unpaired) electrons. The van der Waals surface area contributed by atoms with Crippen molar-refractivity contribution in [2.45, 2.75) is 31.7 Å². The third-order valence-electron chi connectivity index (χ3n) is 4.56. The lowest BCUT2D eigenvalue weighted by molar-refractivity contribution is -0.132. The fourth-order valence-corrected chi connectivity index (χ4v) is 2.98. The molecule has 0 aromatic heterocycles. The Hall–Kier alpha value is -1.10. The summed E-state index contributed by atoms with van der Waals surface area (Å²) in [5, 5.41) is 3.32. The third kappa shape index (κ3) is 5.79. The van der Waals surface area contributed by atoms with Gasteiger partial charge in [0.05, 0.1) is 19.2 Å². The van der Waals surface area contributed by atoms with Gasteiger partial charge in [0.15, 0.2) is 0 Å². The molecule has 1 amide bonds. The van der Waals surface area contributed by atoms with E-state index in [0.29, 0.717) is 13.2 Å². The molecule has 1 aliphatic carbocycles. The first-order valence-electron chi connectivity index (χ1n) is 8.45. The summed E-state index contributed by atoms with van der Waals surface area (Å²) in [5.74, 6) is 1.02. The van der Waals surface area contributed by atoms with Crippen LogP contribution >= 0.6 is 12.4 Å². The van der Waals surface area contributed by atoms with E-state index in [1.807, 2.05) is 11.0 Å². The Balaban J connectivity index is 0.00000192. The summed E-state index contributed by atoms with van der Waals surface area (Å²) in [6.07, 6.45) is 4.50. The molecule has 1 heterocycles. The van der Waals surface area contributed by atoms with Crippen LogP contribution in [0.1, 0.15) is 24.8 Å². The van der Waals surface area contributed by atoms with Gasteiger partial charge in [-0.25, -0.2) is 0 Å². The van der Waals surface area contributed by atoms with Crippen LogP contribution in [0.4, 0.5) is 0 Å². The number of ether oxygens (including phenoxy) is 1. The van der Waals surface area contributed by atoms with Crippen molar-refractivity contribution in [1.29, 1.82) is 0 Å². The van der Waals surface area contributed by atoms with Crippen LogP contribution in [0.2, 0.25) is 0 Å². The Morgan fingerprint density at radius 3 is 2.65 bits per heavy atom. The van der Waals surface area contributed by atoms with Gasteiger partial charge in [-0.3, -0.25) is 4.79 Å². The molecule has 3 rings (SSSR count). The van der Waals surface area contributed by atoms with Gasteiger partial charge in [0.2, 0.25) is 5.91 Å². The number of halogens is 1. The topological polar surface area (TPSA) is 41.6 Å². The molecule has 1 unspecified atom stereocenters. The molecule has 1 N–H and O–H groups in total. The molecule has 1 saturated carbocycles. The number of hydrogen-bond acceptors (Lipinski definition) is 3. The lowest BCUT2D eigenvalue weighted by Gasteiger charge is -2.28. The highest BCUT2D eigenvalue weighted by Gasteiger charge is 2.27. The molecule has 5 heteroatoms. The van der Waals surface area contributed by atoms with Gasteiger partial charge >= 0.3 is 0 Å². The quantitative estimate of drug-likeness (QED) is 0.790. The molecule has 0 spiro atoms. The first-order chi connectivity index (χ1) is 10.8. The molecular formula is C18H27ClN2O2. The van der Waals surface area contributed by atoms with E-state index in [1.165, 1.54) is 18.4 Å². The predicted octanol–water partition coefficient (Wildman–Crippen LogP) is 2.27. The summed E-state index contributed by atoms with van der Waals surface area (Å²) >= 11 is 0. The minimum absolute atomic E-state index is 0. The molecule has 23 heavy (non-hydrogen) atoms. The number of rotatable bonds is 8. The maximum absolute atomic E-state index is 12.6. The van der Waals surface area contributed by atoms with Crippen molar-refractivity contribution in [2.75, 3.05) is 32.8 Å². The monoisotopic (exact) mass is 338 g/mol. The van der Waals surface area contributed by atoms with Crippen molar-refractivity contribution < 1.29 is 9.53 Å². The highest BCUT2D eigenvalue weighted by Crippen LogP contribution is 2.27. The standard InChI is InChI=1S/C18H26N2O2.ClH/c21-18(13-19-12-16-6-7-16)20(17-9-11-22-14-17)10-8-15-4-2-1-3-5-15;/h1-5,16-17,19H,6-14H2;1H. The number of nitrogens with zero attached hydrogens (tertiary/aromatic N) is 1. The molecule has 1 aromatic carbocycles. The largest absolute Gasteiger partial charge is 0.379 e. The van der Waals surface area contributed by atoms with E-state index in [9.17, 15) is 4.79 Å². The van der Waals surface area contributed by atoms with Gasteiger partial charge in [-0.1, -0.05) is 30.3 Å². The normalized spacial score (nSPS) is 20.1. The molecule has 0 bridgehead atoms. The van der Waals surface area contributed by atoms with Gasteiger partial charge in [0.1, 0.15) is 0 Å². The Labute approximate surface area is 145 Å². The van der Waals surface area contributed by atoms with Crippen LogP contribution in [0.15, 0.2) is 30.3 Å². The van der Waals surface area contributed by atoms with E-state index < -0.39 is 0 Å². The predicted molar refractivity (Wildman–Crippen MR) is 93.9 cm³/mol. The van der Waals surface area contributed by atoms with Crippen LogP contribution in [-0.2, 0) is 16.0 Å². The Kier molecular flexibility index (Phi) is 7.34. The molecule has 1 aromatic rings. The lowest BCUT2D eigenvalue weighted by Crippen LogP contribution is -2.46. The minimum Gasteiger partial charge on any atom is -0.379 e. The van der Waals surface area contributed by atoms with Gasteiger partial charge in [-0.05, 0) is 43.7 Å². The molecule has 1 atom stereocenters. The number of hydrogen-bond donors (Lipinski definition) is 1. The van der Waals surface area contributed by atoms with E-state index in [1.54, 1.807) is 0 Å². The average molecular weight is 339 g/mol. The molecular weight excluding hydrogens is 312 g/mol. The maximum atomic E-state index is 12.6. The van der Waals surface area contributed by atoms with Crippen LogP contribution in [0, 0.1) is 5.92 Å². The van der Waals surface area contributed by atoms with E-state index >= 15 is 0 Å². The summed E-state index contributed by atoms with van der Waals surface area (Å²) in [7, 11) is 0. The lowest BCUT2D eigenvalue weighted by atomic mass is 10.1. The number of carbonyl (C=O) groups is 1. The second-order valence-corrected chi connectivity index (χ2v) is 6.41. The van der Waals surface area contributed by atoms with Crippen LogP contribution in [0.25, 0.3) is 0 Å². The van der Waals surface area contributed by atoms with Crippen molar-refractivity contribution >= 4 is 18.3 Å². The zero-order valence-corrected chi connectivity index (χ0v) is 14.4. The average Bonchev–Trinajstić information content (AvgIpc) is 3.21. The number of nitrogens with one attached hydrogen (secondary N) is 1. The highest BCUT2D eigenvalue weighted by molar-refractivity contribution is 5.85. The molecule has 2 fully saturated rings. The summed E-state index contributed by atoms with van der Waals surface area (Å²) in [6.45, 7) is 3.68. The van der Waals surface area contributed by atoms with Gasteiger partial charge in [0, 0.05) is 13.2 Å². The summed E-state index contributed by atoms with van der Waals surface area (Å²) in [6, 6.07) is 10.6. The number of carbonyl (C=O) groups excluding carboxylic acids is 1. The van der Waals surface area contributed by atoms with Crippen LogP contribution in [0.5, 0.6) is 0 Å². The second kappa shape index (κ2) is 9.26. The molecule has 1 aliphatic heterocycles. The van der Waals surface area contributed by atoms with Gasteiger partial charge < -0.3 is 15.0 Å². The zero-order valence-electron chi connectivity index (χ0n) is 13.6. The van der Waals surface area contributed by atoms with E-state index in [0.717, 1.165) is 38.5 Å². The summed E-state index contributed by atoms with van der Waals surface area (Å²) in [4.78, 5) is 14.6. The second-order valence-electron chi connectivity index (χ2n) is 6.41. The fourth-order valence-electron chi connectivity index (χ4n) is 2.98. The first-order valence-corrected chi connectivity index (χ1v) is 8.45. The van der Waals surface area contributed by atoms with Crippen molar-refractivity contribution in [3.05, 3.63) is 35.9 Å². The minimum atomic E-state index is 0. The van der Waals surface area contributed by atoms with Gasteiger partial charge in [-0.2, -0.15) is 0 Å². The first kappa shape index (κ1) is 18.2. The zero-order chi connectivity index (χ0) is 15.2. The van der Waals surface area contributed by atoms with E-state index in [4.69, 9.17) is 4.74 Å². The molecule has 4 nitrogen and oxygen atoms in total. The van der Waals surface area contributed by atoms with Crippen LogP contribution in [0.3, 0.4) is 0 Å². The number of benzene rings is 1. The van der Waals surface area contributed by atoms with Crippen molar-refractivity contribution in [3.63, 3.8) is 0 Å². The summed E-state index contributed by atoms with van der Waals surface area (Å²) < 4.78 is 5.48. The molecule has 1 saturated heterocycles. The molecule has 128 valence electrons. The molecule has 2 aliphatic rings. The Bertz CT molecular complexity index is 473. The van der Waals surface area contributed by atoms with Crippen molar-refractivity contribution in [2.24, 2.45) is 5.92 Å². The van der Waals surface area contributed by atoms with Gasteiger partial charge in [-0.15, -0.1) is 12.4 Å². The van der Waals surface area contributed by atoms with Crippen molar-refractivity contribution in [3.8, 4) is 0 Å². The van der Waals surface area contributed by atoms with Crippen LogP contribution in [-0.4, -0.2) is 49.7 Å². The maximum Gasteiger partial charge on any atom is 0.236 e. The van der Waals surface area contributed by atoms with Crippen molar-refractivity contribution in [1.82, 2.24) is 10.2 Å². The SMILES string of the molecule is Cl.O=C(CNCC1CC1)N(CCc1ccccc1)C1CCOC1. The van der Waals surface area contributed by atoms with E-state index in [-0.39, 0.29) is 24.4 Å². The Morgan fingerprint density at radius 1 is 1.22 bits per heavy atom. The summed E-state index contributed by atoms with van der Waals surface area (Å²) in [5.41, 5.74) is 1.28. The van der Waals surface area contributed by atoms with Gasteiger partial charge in [0.25, 0.3) is 0 Å². The fraction of sp³-hybridized carbons (Fsp3) is 0.611. The van der Waals surface area contributed by atoms with E-state index in [2.05, 4.69) is 29.6 Å². The third-order valence-corrected chi connectivity index (χ3v) is 4.56. The van der Waals surface area contributed by atoms with Crippen LogP contribution < -0.4 is 5.32 Å². The Morgan fingerprint density at radius 2 is 2.00 bits per heavy atom.